The van der Waals surface area contributed by atoms with Crippen LogP contribution in [0.25, 0.3) is 11.0 Å². The summed E-state index contributed by atoms with van der Waals surface area (Å²) in [7, 11) is -1.53. The molecule has 1 unspecified atom stereocenters. The second-order valence-corrected chi connectivity index (χ2v) is 17.8. The molecule has 2 aromatic rings. The molecule has 0 spiro atoms. The molecule has 5 rings (SSSR count). The number of aromatic nitrogens is 4. The van der Waals surface area contributed by atoms with E-state index in [1.807, 2.05) is 20.8 Å². The molecule has 4 heterocycles. The van der Waals surface area contributed by atoms with Gasteiger partial charge in [0.05, 0.1) is 24.8 Å². The number of halogens is 1. The molecule has 2 saturated heterocycles. The van der Waals surface area contributed by atoms with E-state index in [9.17, 15) is 14.2 Å². The fraction of sp³-hybridized carbons (Fsp3) is 0.767. The van der Waals surface area contributed by atoms with Gasteiger partial charge in [-0.05, 0) is 72.4 Å². The third-order valence-electron chi connectivity index (χ3n) is 8.55. The molecule has 3 aliphatic rings. The Hall–Kier alpha value is -2.19. The summed E-state index contributed by atoms with van der Waals surface area (Å²) in [5.74, 6) is -0.649. The van der Waals surface area contributed by atoms with Gasteiger partial charge in [0.15, 0.2) is 23.5 Å². The Labute approximate surface area is 274 Å². The standard InChI is InChI=1S/C30H45ClN5O9P/c1-28(2,3)45-27(38)35(18-11-9-10-12-18)23-19-15-32-36(24(19)34-26(31)33-23)25-22-21(43-29(4,5)44-22)20(42-25)16-41-30(13-14-37,17-40-6)46(7,8)39/h14-15,18,20-22,25H,9-13,16-17H2,1-8H3/t20-,21-,22-,25-,30?/m1/s1. The molecule has 0 N–H and O–H groups in total. The minimum absolute atomic E-state index is 0.0414. The molecular weight excluding hydrogens is 641 g/mol. The Bertz CT molecular complexity index is 1490. The second-order valence-electron chi connectivity index (χ2n) is 14.0. The van der Waals surface area contributed by atoms with Crippen LogP contribution in [-0.4, -0.2) is 107 Å². The molecule has 46 heavy (non-hydrogen) atoms. The van der Waals surface area contributed by atoms with Crippen LogP contribution in [0.1, 0.15) is 73.0 Å². The highest BCUT2D eigenvalue weighted by Crippen LogP contribution is 2.55. The lowest BCUT2D eigenvalue weighted by molar-refractivity contribution is -0.206. The average Bonchev–Trinajstić information content (AvgIpc) is 3.71. The molecular formula is C30H45ClN5O9P. The smallest absolute Gasteiger partial charge is 0.416 e. The summed E-state index contributed by atoms with van der Waals surface area (Å²) in [4.78, 5) is 35.8. The summed E-state index contributed by atoms with van der Waals surface area (Å²) < 4.78 is 51.4. The van der Waals surface area contributed by atoms with Gasteiger partial charge in [0, 0.05) is 19.6 Å². The van der Waals surface area contributed by atoms with Crippen molar-refractivity contribution in [2.24, 2.45) is 0 Å². The number of ether oxygens (including phenoxy) is 6. The van der Waals surface area contributed by atoms with Gasteiger partial charge >= 0.3 is 6.09 Å². The van der Waals surface area contributed by atoms with Gasteiger partial charge in [-0.15, -0.1) is 0 Å². The Morgan fingerprint density at radius 1 is 1.20 bits per heavy atom. The molecule has 0 bridgehead atoms. The molecule has 1 amide bonds. The van der Waals surface area contributed by atoms with E-state index in [2.05, 4.69) is 15.1 Å². The van der Waals surface area contributed by atoms with Crippen LogP contribution in [0.5, 0.6) is 0 Å². The van der Waals surface area contributed by atoms with E-state index in [1.54, 1.807) is 43.0 Å². The Kier molecular flexibility index (Phi) is 9.94. The molecule has 0 aromatic carbocycles. The fourth-order valence-corrected chi connectivity index (χ4v) is 7.91. The van der Waals surface area contributed by atoms with Crippen molar-refractivity contribution < 1.29 is 42.6 Å². The van der Waals surface area contributed by atoms with Crippen LogP contribution in [0, 0.1) is 0 Å². The predicted octanol–water partition coefficient (Wildman–Crippen LogP) is 5.15. The quantitative estimate of drug-likeness (QED) is 0.175. The molecule has 256 valence electrons. The Balaban J connectivity index is 1.51. The van der Waals surface area contributed by atoms with Crippen LogP contribution >= 0.6 is 18.7 Å². The van der Waals surface area contributed by atoms with E-state index in [-0.39, 0.29) is 31.0 Å². The van der Waals surface area contributed by atoms with E-state index >= 15 is 0 Å². The van der Waals surface area contributed by atoms with Crippen LogP contribution in [-0.2, 0) is 37.8 Å². The zero-order chi connectivity index (χ0) is 33.7. The minimum atomic E-state index is -3.00. The lowest BCUT2D eigenvalue weighted by atomic mass is 10.1. The van der Waals surface area contributed by atoms with Crippen LogP contribution in [0.4, 0.5) is 10.6 Å². The maximum atomic E-state index is 13.6. The Morgan fingerprint density at radius 2 is 1.87 bits per heavy atom. The van der Waals surface area contributed by atoms with E-state index in [4.69, 9.17) is 40.0 Å². The molecule has 16 heteroatoms. The van der Waals surface area contributed by atoms with Crippen molar-refractivity contribution in [1.29, 1.82) is 0 Å². The number of hydrogen-bond donors (Lipinski definition) is 0. The van der Waals surface area contributed by atoms with Crippen molar-refractivity contribution >= 4 is 48.0 Å². The Morgan fingerprint density at radius 3 is 2.48 bits per heavy atom. The number of fused-ring (bicyclic) bond motifs is 2. The van der Waals surface area contributed by atoms with Crippen molar-refractivity contribution in [3.05, 3.63) is 11.5 Å². The van der Waals surface area contributed by atoms with Crippen LogP contribution in [0.3, 0.4) is 0 Å². The van der Waals surface area contributed by atoms with Crippen molar-refractivity contribution in [3.8, 4) is 0 Å². The number of aldehydes is 1. The van der Waals surface area contributed by atoms with Crippen molar-refractivity contribution in [2.75, 3.05) is 38.6 Å². The number of rotatable bonds is 11. The lowest BCUT2D eigenvalue weighted by Crippen LogP contribution is -2.43. The first-order valence-electron chi connectivity index (χ1n) is 15.5. The van der Waals surface area contributed by atoms with Gasteiger partial charge in [-0.25, -0.2) is 9.48 Å². The molecule has 2 aliphatic heterocycles. The van der Waals surface area contributed by atoms with Crippen LogP contribution in [0.2, 0.25) is 5.28 Å². The maximum absolute atomic E-state index is 13.6. The van der Waals surface area contributed by atoms with Gasteiger partial charge < -0.3 is 37.8 Å². The third kappa shape index (κ3) is 6.99. The number of carbonyl (C=O) groups is 2. The molecule has 2 aromatic heterocycles. The highest BCUT2D eigenvalue weighted by Gasteiger charge is 2.57. The molecule has 0 radical (unpaired) electrons. The summed E-state index contributed by atoms with van der Waals surface area (Å²) in [6, 6.07) is -0.125. The zero-order valence-electron chi connectivity index (χ0n) is 27.7. The van der Waals surface area contributed by atoms with Gasteiger partial charge in [0.2, 0.25) is 5.28 Å². The van der Waals surface area contributed by atoms with Gasteiger partial charge in [0.25, 0.3) is 0 Å². The minimum Gasteiger partial charge on any atom is -0.443 e. The molecule has 1 aliphatic carbocycles. The van der Waals surface area contributed by atoms with Gasteiger partial charge in [-0.3, -0.25) is 4.90 Å². The number of carbonyl (C=O) groups excluding carboxylic acids is 2. The first-order chi connectivity index (χ1) is 21.5. The van der Waals surface area contributed by atoms with Gasteiger partial charge in [-0.2, -0.15) is 15.1 Å². The topological polar surface area (TPSA) is 153 Å². The van der Waals surface area contributed by atoms with Crippen LogP contribution < -0.4 is 4.90 Å². The third-order valence-corrected chi connectivity index (χ3v) is 11.1. The summed E-state index contributed by atoms with van der Waals surface area (Å²) in [6.45, 7) is 12.1. The summed E-state index contributed by atoms with van der Waals surface area (Å²) in [5, 5.41) is 3.71. The monoisotopic (exact) mass is 685 g/mol. The lowest BCUT2D eigenvalue weighted by Gasteiger charge is -2.36. The maximum Gasteiger partial charge on any atom is 0.416 e. The normalized spacial score (nSPS) is 26.3. The van der Waals surface area contributed by atoms with Gasteiger partial charge in [0.1, 0.15) is 42.7 Å². The summed E-state index contributed by atoms with van der Waals surface area (Å²) >= 11 is 6.51. The molecule has 3 fully saturated rings. The second kappa shape index (κ2) is 13.0. The summed E-state index contributed by atoms with van der Waals surface area (Å²) in [6.07, 6.45) is 2.40. The highest BCUT2D eigenvalue weighted by atomic mass is 35.5. The largest absolute Gasteiger partial charge is 0.443 e. The number of anilines is 1. The predicted molar refractivity (Wildman–Crippen MR) is 170 cm³/mol. The molecule has 5 atom stereocenters. The molecule has 1 saturated carbocycles. The first kappa shape index (κ1) is 35.1. The number of nitrogens with zero attached hydrogens (tertiary/aromatic N) is 5. The van der Waals surface area contributed by atoms with Gasteiger partial charge in [-0.1, -0.05) is 12.8 Å². The SMILES string of the molecule is COCC(CC=O)(OC[C@H]1O[C@@H](n2ncc3c(N(C(=O)OC(C)(C)C)C4CCCC4)nc(Cl)nc32)[C@@H]2OC(C)(C)O[C@@H]21)P(C)(C)=O. The zero-order valence-corrected chi connectivity index (χ0v) is 29.4. The van der Waals surface area contributed by atoms with Crippen LogP contribution in [0.15, 0.2) is 6.20 Å². The average molecular weight is 686 g/mol. The first-order valence-corrected chi connectivity index (χ1v) is 18.5. The van der Waals surface area contributed by atoms with Crippen molar-refractivity contribution in [1.82, 2.24) is 19.7 Å². The fourth-order valence-electron chi connectivity index (χ4n) is 6.41. The highest BCUT2D eigenvalue weighted by molar-refractivity contribution is 7.63. The van der Waals surface area contributed by atoms with E-state index < -0.39 is 54.5 Å². The van der Waals surface area contributed by atoms with E-state index in [1.165, 1.54) is 7.11 Å². The van der Waals surface area contributed by atoms with Crippen molar-refractivity contribution in [3.63, 3.8) is 0 Å². The number of hydrogen-bond acceptors (Lipinski definition) is 12. The van der Waals surface area contributed by atoms with E-state index in [0.29, 0.717) is 23.1 Å². The summed E-state index contributed by atoms with van der Waals surface area (Å²) in [5.41, 5.74) is -0.387. The van der Waals surface area contributed by atoms with E-state index in [0.717, 1.165) is 25.7 Å². The van der Waals surface area contributed by atoms with Crippen molar-refractivity contribution in [2.45, 2.75) is 114 Å². The number of amides is 1. The number of methoxy groups -OCH3 is 1. The molecule has 14 nitrogen and oxygen atoms in total.